The molecule has 1 heterocycles. The maximum atomic E-state index is 11.9. The summed E-state index contributed by atoms with van der Waals surface area (Å²) in [6, 6.07) is -0.341. The van der Waals surface area contributed by atoms with Crippen molar-refractivity contribution < 1.29 is 18.3 Å². The molecule has 6 heteroatoms. The fourth-order valence-electron chi connectivity index (χ4n) is 1.12. The maximum absolute atomic E-state index is 11.9. The van der Waals surface area contributed by atoms with Crippen LogP contribution < -0.4 is 10.6 Å². The second kappa shape index (κ2) is 7.55. The van der Waals surface area contributed by atoms with E-state index in [2.05, 4.69) is 15.4 Å². The third kappa shape index (κ3) is 9.00. The summed E-state index contributed by atoms with van der Waals surface area (Å²) in [7, 11) is 0. The smallest absolute Gasteiger partial charge is 0.293 e. The highest BCUT2D eigenvalue weighted by Gasteiger charge is 2.23. The van der Waals surface area contributed by atoms with Crippen molar-refractivity contribution in [2.24, 2.45) is 0 Å². The molecule has 0 radical (unpaired) electrons. The average molecular weight is 252 g/mol. The molecule has 0 unspecified atom stereocenters. The van der Waals surface area contributed by atoms with E-state index in [1.165, 1.54) is 0 Å². The molecular formula is C11H22F2N2O2. The normalized spacial score (nSPS) is 24.9. The number of alkyl halides is 2. The fraction of sp³-hybridized carbons (Fsp3) is 0.909. The Morgan fingerprint density at radius 3 is 2.12 bits per heavy atom. The highest BCUT2D eigenvalue weighted by molar-refractivity contribution is 5.37. The van der Waals surface area contributed by atoms with Crippen LogP contribution in [0.2, 0.25) is 0 Å². The van der Waals surface area contributed by atoms with Gasteiger partial charge in [-0.25, -0.2) is 8.78 Å². The van der Waals surface area contributed by atoms with Gasteiger partial charge in [-0.1, -0.05) is 0 Å². The van der Waals surface area contributed by atoms with Gasteiger partial charge in [0, 0.05) is 19.1 Å². The van der Waals surface area contributed by atoms with Gasteiger partial charge in [-0.2, -0.15) is 0 Å². The first-order chi connectivity index (χ1) is 7.76. The van der Waals surface area contributed by atoms with Crippen LogP contribution in [0.15, 0.2) is 0 Å². The fourth-order valence-corrected chi connectivity index (χ4v) is 1.12. The van der Waals surface area contributed by atoms with Crippen LogP contribution in [0.1, 0.15) is 27.7 Å². The molecule has 0 aliphatic carbocycles. The largest absolute Gasteiger partial charge is 0.462 e. The Balaban J connectivity index is 0.000000325. The summed E-state index contributed by atoms with van der Waals surface area (Å²) >= 11 is 0. The number of piperazine rings is 1. The zero-order chi connectivity index (χ0) is 13.5. The predicted octanol–water partition coefficient (Wildman–Crippen LogP) is 1.16. The predicted molar refractivity (Wildman–Crippen MR) is 62.2 cm³/mol. The van der Waals surface area contributed by atoms with E-state index in [4.69, 9.17) is 0 Å². The van der Waals surface area contributed by atoms with Crippen LogP contribution in [0.3, 0.4) is 0 Å². The number of carbonyl (C=O) groups excluding carboxylic acids is 1. The maximum Gasteiger partial charge on any atom is 0.293 e. The Morgan fingerprint density at radius 2 is 1.88 bits per heavy atom. The van der Waals surface area contributed by atoms with Gasteiger partial charge in [0.05, 0.1) is 6.04 Å². The molecule has 0 spiro atoms. The van der Waals surface area contributed by atoms with E-state index >= 15 is 0 Å². The Bertz CT molecular complexity index is 212. The molecule has 1 fully saturated rings. The summed E-state index contributed by atoms with van der Waals surface area (Å²) in [5.74, 6) is 0. The van der Waals surface area contributed by atoms with Crippen molar-refractivity contribution in [3.8, 4) is 0 Å². The lowest BCUT2D eigenvalue weighted by atomic mass is 10.2. The first-order valence-electron chi connectivity index (χ1n) is 5.62. The number of nitrogens with one attached hydrogen (secondary N) is 2. The molecular weight excluding hydrogens is 230 g/mol. The molecule has 2 N–H and O–H groups in total. The first-order valence-corrected chi connectivity index (χ1v) is 5.62. The van der Waals surface area contributed by atoms with Crippen LogP contribution in [0.5, 0.6) is 0 Å². The van der Waals surface area contributed by atoms with Gasteiger partial charge in [0.25, 0.3) is 12.9 Å². The SMILES string of the molecule is CC(C)(C)OC=O.C[C@@H]1CN[C@@H](C(F)F)CN1. The minimum atomic E-state index is -2.25. The third-order valence-corrected chi connectivity index (χ3v) is 2.08. The first kappa shape index (κ1) is 16.2. The topological polar surface area (TPSA) is 50.4 Å². The highest BCUT2D eigenvalue weighted by atomic mass is 19.3. The molecule has 0 saturated carbocycles. The van der Waals surface area contributed by atoms with Gasteiger partial charge in [-0.15, -0.1) is 0 Å². The minimum absolute atomic E-state index is 0.315. The molecule has 4 nitrogen and oxygen atoms in total. The number of hydrogen-bond donors (Lipinski definition) is 2. The monoisotopic (exact) mass is 252 g/mol. The molecule has 2 atom stereocenters. The Labute approximate surface area is 101 Å². The molecule has 1 aliphatic rings. The van der Waals surface area contributed by atoms with Crippen molar-refractivity contribution in [1.82, 2.24) is 10.6 Å². The molecule has 1 rings (SSSR count). The van der Waals surface area contributed by atoms with Gasteiger partial charge in [0.1, 0.15) is 5.60 Å². The van der Waals surface area contributed by atoms with Crippen molar-refractivity contribution in [3.63, 3.8) is 0 Å². The van der Waals surface area contributed by atoms with Crippen LogP contribution in [-0.2, 0) is 9.53 Å². The number of hydrogen-bond acceptors (Lipinski definition) is 4. The van der Waals surface area contributed by atoms with Gasteiger partial charge < -0.3 is 15.4 Å². The summed E-state index contributed by atoms with van der Waals surface area (Å²) in [6.45, 7) is 8.90. The van der Waals surface area contributed by atoms with E-state index in [0.29, 0.717) is 25.6 Å². The van der Waals surface area contributed by atoms with E-state index in [0.717, 1.165) is 0 Å². The van der Waals surface area contributed by atoms with Gasteiger partial charge in [-0.3, -0.25) is 4.79 Å². The second-order valence-electron chi connectivity index (χ2n) is 4.98. The van der Waals surface area contributed by atoms with Gasteiger partial charge >= 0.3 is 0 Å². The van der Waals surface area contributed by atoms with Crippen LogP contribution in [-0.4, -0.2) is 43.7 Å². The summed E-state index contributed by atoms with van der Waals surface area (Å²) in [5, 5.41) is 5.73. The van der Waals surface area contributed by atoms with Crippen molar-refractivity contribution >= 4 is 6.47 Å². The number of ether oxygens (including phenoxy) is 1. The van der Waals surface area contributed by atoms with E-state index in [1.54, 1.807) is 0 Å². The van der Waals surface area contributed by atoms with Crippen LogP contribution in [0.25, 0.3) is 0 Å². The minimum Gasteiger partial charge on any atom is -0.462 e. The lowest BCUT2D eigenvalue weighted by Gasteiger charge is -2.28. The Morgan fingerprint density at radius 1 is 1.29 bits per heavy atom. The molecule has 1 aliphatic heterocycles. The highest BCUT2D eigenvalue weighted by Crippen LogP contribution is 2.03. The zero-order valence-corrected chi connectivity index (χ0v) is 10.8. The zero-order valence-electron chi connectivity index (χ0n) is 10.8. The summed E-state index contributed by atoms with van der Waals surface area (Å²) in [6.07, 6.45) is -2.25. The standard InChI is InChI=1S/C6H12F2N2.C5H10O2/c1-4-2-10-5(3-9-4)6(7)8;1-5(2,3)7-4-6/h4-6,9-10H,2-3H2,1H3;4H,1-3H3/t4-,5-;/m1./s1. The second-order valence-corrected chi connectivity index (χ2v) is 4.98. The lowest BCUT2D eigenvalue weighted by molar-refractivity contribution is -0.138. The van der Waals surface area contributed by atoms with Crippen LogP contribution in [0.4, 0.5) is 8.78 Å². The van der Waals surface area contributed by atoms with E-state index in [1.807, 2.05) is 27.7 Å². The molecule has 102 valence electrons. The van der Waals surface area contributed by atoms with E-state index < -0.39 is 12.5 Å². The Kier molecular flexibility index (Phi) is 7.22. The number of carbonyl (C=O) groups is 1. The third-order valence-electron chi connectivity index (χ3n) is 2.08. The Hall–Kier alpha value is -0.750. The lowest BCUT2D eigenvalue weighted by Crippen LogP contribution is -2.55. The van der Waals surface area contributed by atoms with Gasteiger partial charge in [-0.05, 0) is 27.7 Å². The molecule has 0 bridgehead atoms. The average Bonchev–Trinajstić information content (AvgIpc) is 2.17. The molecule has 0 aromatic rings. The molecule has 1 saturated heterocycles. The van der Waals surface area contributed by atoms with E-state index in [9.17, 15) is 13.6 Å². The van der Waals surface area contributed by atoms with Gasteiger partial charge in [0.15, 0.2) is 0 Å². The van der Waals surface area contributed by atoms with Crippen LogP contribution in [0, 0.1) is 0 Å². The van der Waals surface area contributed by atoms with Crippen molar-refractivity contribution in [1.29, 1.82) is 0 Å². The summed E-state index contributed by atoms with van der Waals surface area (Å²) < 4.78 is 28.4. The van der Waals surface area contributed by atoms with Crippen molar-refractivity contribution in [2.75, 3.05) is 13.1 Å². The van der Waals surface area contributed by atoms with E-state index in [-0.39, 0.29) is 5.60 Å². The quantitative estimate of drug-likeness (QED) is 0.724. The van der Waals surface area contributed by atoms with Crippen molar-refractivity contribution in [3.05, 3.63) is 0 Å². The summed E-state index contributed by atoms with van der Waals surface area (Å²) in [4.78, 5) is 9.60. The van der Waals surface area contributed by atoms with Crippen molar-refractivity contribution in [2.45, 2.75) is 51.8 Å². The van der Waals surface area contributed by atoms with Crippen LogP contribution >= 0.6 is 0 Å². The molecule has 0 aromatic heterocycles. The molecule has 0 amide bonds. The number of halogens is 2. The van der Waals surface area contributed by atoms with Gasteiger partial charge in [0.2, 0.25) is 0 Å². The molecule has 17 heavy (non-hydrogen) atoms. The molecule has 0 aromatic carbocycles. The summed E-state index contributed by atoms with van der Waals surface area (Å²) in [5.41, 5.74) is -0.318. The number of rotatable bonds is 2.